The van der Waals surface area contributed by atoms with E-state index in [-0.39, 0.29) is 0 Å². The number of nitrogens with zero attached hydrogens (tertiary/aromatic N) is 2. The van der Waals surface area contributed by atoms with Gasteiger partial charge in [0.25, 0.3) is 0 Å². The van der Waals surface area contributed by atoms with Crippen molar-refractivity contribution in [2.75, 3.05) is 41.0 Å². The summed E-state index contributed by atoms with van der Waals surface area (Å²) >= 11 is 0. The van der Waals surface area contributed by atoms with Gasteiger partial charge in [-0.25, -0.2) is 0 Å². The molecule has 1 aromatic rings. The highest BCUT2D eigenvalue weighted by molar-refractivity contribution is 5.80. The number of guanidine groups is 1. The van der Waals surface area contributed by atoms with E-state index in [1.165, 1.54) is 25.7 Å². The Labute approximate surface area is 156 Å². The number of hydrogen-bond donors (Lipinski definition) is 1. The molecule has 6 heteroatoms. The van der Waals surface area contributed by atoms with Gasteiger partial charge in [-0.2, -0.15) is 0 Å². The van der Waals surface area contributed by atoms with Gasteiger partial charge in [0.05, 0.1) is 20.8 Å². The van der Waals surface area contributed by atoms with Crippen LogP contribution in [-0.4, -0.2) is 51.8 Å². The number of rotatable bonds is 6. The average molecular weight is 361 g/mol. The predicted molar refractivity (Wildman–Crippen MR) is 103 cm³/mol. The van der Waals surface area contributed by atoms with E-state index in [0.717, 1.165) is 24.6 Å². The number of ether oxygens (including phenoxy) is 3. The SMILES string of the molecule is CCOc1c(OC)cc(CNC(=NC)N2CCC3(CCC3)C2)cc1OC. The van der Waals surface area contributed by atoms with E-state index in [1.54, 1.807) is 14.2 Å². The molecule has 0 bridgehead atoms. The summed E-state index contributed by atoms with van der Waals surface area (Å²) in [6, 6.07) is 3.98. The first-order chi connectivity index (χ1) is 12.6. The highest BCUT2D eigenvalue weighted by Crippen LogP contribution is 2.47. The molecule has 0 atom stereocenters. The number of likely N-dealkylation sites (tertiary alicyclic amines) is 1. The lowest BCUT2D eigenvalue weighted by molar-refractivity contribution is 0.151. The molecule has 2 aliphatic rings. The molecule has 2 fully saturated rings. The highest BCUT2D eigenvalue weighted by Gasteiger charge is 2.43. The molecule has 1 aromatic carbocycles. The van der Waals surface area contributed by atoms with Crippen molar-refractivity contribution in [3.63, 3.8) is 0 Å². The Bertz CT molecular complexity index is 631. The van der Waals surface area contributed by atoms with Crippen molar-refractivity contribution in [1.29, 1.82) is 0 Å². The largest absolute Gasteiger partial charge is 0.493 e. The molecule has 0 aromatic heterocycles. The first kappa shape index (κ1) is 18.7. The molecule has 1 aliphatic heterocycles. The minimum absolute atomic E-state index is 0.559. The minimum atomic E-state index is 0.559. The van der Waals surface area contributed by atoms with E-state index in [9.17, 15) is 0 Å². The fraction of sp³-hybridized carbons (Fsp3) is 0.650. The zero-order chi connectivity index (χ0) is 18.6. The van der Waals surface area contributed by atoms with Crippen molar-refractivity contribution in [1.82, 2.24) is 10.2 Å². The summed E-state index contributed by atoms with van der Waals surface area (Å²) in [6.07, 6.45) is 5.41. The van der Waals surface area contributed by atoms with Crippen molar-refractivity contribution < 1.29 is 14.2 Å². The molecular weight excluding hydrogens is 330 g/mol. The van der Waals surface area contributed by atoms with Crippen LogP contribution in [0.25, 0.3) is 0 Å². The van der Waals surface area contributed by atoms with Crippen molar-refractivity contribution in [3.8, 4) is 17.2 Å². The molecule has 1 saturated carbocycles. The molecule has 1 N–H and O–H groups in total. The molecule has 0 amide bonds. The van der Waals surface area contributed by atoms with Gasteiger partial charge in [0.1, 0.15) is 0 Å². The van der Waals surface area contributed by atoms with Crippen LogP contribution in [0.15, 0.2) is 17.1 Å². The summed E-state index contributed by atoms with van der Waals surface area (Å²) in [5, 5.41) is 3.49. The second-order valence-corrected chi connectivity index (χ2v) is 7.19. The fourth-order valence-electron chi connectivity index (χ4n) is 4.04. The van der Waals surface area contributed by atoms with Gasteiger partial charge in [0.15, 0.2) is 17.5 Å². The van der Waals surface area contributed by atoms with Crippen LogP contribution >= 0.6 is 0 Å². The van der Waals surface area contributed by atoms with Crippen LogP contribution in [0.5, 0.6) is 17.2 Å². The van der Waals surface area contributed by atoms with Gasteiger partial charge >= 0.3 is 0 Å². The molecule has 1 heterocycles. The van der Waals surface area contributed by atoms with Crippen LogP contribution in [0.2, 0.25) is 0 Å². The van der Waals surface area contributed by atoms with Crippen molar-refractivity contribution in [2.45, 2.75) is 39.2 Å². The average Bonchev–Trinajstić information content (AvgIpc) is 3.09. The molecule has 0 radical (unpaired) electrons. The molecule has 144 valence electrons. The quantitative estimate of drug-likeness (QED) is 0.623. The third kappa shape index (κ3) is 3.69. The maximum absolute atomic E-state index is 5.67. The van der Waals surface area contributed by atoms with Crippen LogP contribution in [-0.2, 0) is 6.54 Å². The number of aliphatic imine (C=N–C) groups is 1. The molecule has 1 spiro atoms. The van der Waals surface area contributed by atoms with E-state index in [2.05, 4.69) is 15.2 Å². The number of benzene rings is 1. The lowest BCUT2D eigenvalue weighted by Gasteiger charge is -2.38. The summed E-state index contributed by atoms with van der Waals surface area (Å²) in [4.78, 5) is 6.88. The maximum atomic E-state index is 5.67. The summed E-state index contributed by atoms with van der Waals surface area (Å²) in [6.45, 7) is 5.39. The van der Waals surface area contributed by atoms with Gasteiger partial charge in [-0.15, -0.1) is 0 Å². The topological polar surface area (TPSA) is 55.3 Å². The van der Waals surface area contributed by atoms with E-state index in [0.29, 0.717) is 35.8 Å². The summed E-state index contributed by atoms with van der Waals surface area (Å²) in [5.74, 6) is 3.00. The van der Waals surface area contributed by atoms with Gasteiger partial charge in [0, 0.05) is 26.7 Å². The second-order valence-electron chi connectivity index (χ2n) is 7.19. The first-order valence-corrected chi connectivity index (χ1v) is 9.48. The van der Waals surface area contributed by atoms with E-state index < -0.39 is 0 Å². The maximum Gasteiger partial charge on any atom is 0.203 e. The number of hydrogen-bond acceptors (Lipinski definition) is 4. The van der Waals surface area contributed by atoms with Crippen LogP contribution in [0.4, 0.5) is 0 Å². The van der Waals surface area contributed by atoms with Gasteiger partial charge in [-0.1, -0.05) is 6.42 Å². The normalized spacial score (nSPS) is 18.6. The van der Waals surface area contributed by atoms with Crippen molar-refractivity contribution in [3.05, 3.63) is 17.7 Å². The minimum Gasteiger partial charge on any atom is -0.493 e. The molecule has 3 rings (SSSR count). The first-order valence-electron chi connectivity index (χ1n) is 9.48. The monoisotopic (exact) mass is 361 g/mol. The van der Waals surface area contributed by atoms with Gasteiger partial charge < -0.3 is 24.4 Å². The Morgan fingerprint density at radius 3 is 2.35 bits per heavy atom. The Kier molecular flexibility index (Phi) is 5.79. The third-order valence-corrected chi connectivity index (χ3v) is 5.62. The van der Waals surface area contributed by atoms with E-state index in [4.69, 9.17) is 14.2 Å². The Morgan fingerprint density at radius 1 is 1.19 bits per heavy atom. The van der Waals surface area contributed by atoms with Crippen LogP contribution in [0.3, 0.4) is 0 Å². The summed E-state index contributed by atoms with van der Waals surface area (Å²) < 4.78 is 16.7. The zero-order valence-electron chi connectivity index (χ0n) is 16.4. The van der Waals surface area contributed by atoms with Gasteiger partial charge in [-0.3, -0.25) is 4.99 Å². The van der Waals surface area contributed by atoms with E-state index in [1.807, 2.05) is 26.1 Å². The molecule has 1 aliphatic carbocycles. The Morgan fingerprint density at radius 2 is 1.88 bits per heavy atom. The Balaban J connectivity index is 1.68. The van der Waals surface area contributed by atoms with Gasteiger partial charge in [-0.05, 0) is 49.3 Å². The second kappa shape index (κ2) is 8.06. The van der Waals surface area contributed by atoms with Gasteiger partial charge in [0.2, 0.25) is 5.75 Å². The molecule has 1 saturated heterocycles. The lowest BCUT2D eigenvalue weighted by Crippen LogP contribution is -2.42. The summed E-state index contributed by atoms with van der Waals surface area (Å²) in [7, 11) is 5.15. The van der Waals surface area contributed by atoms with Crippen molar-refractivity contribution >= 4 is 5.96 Å². The molecule has 6 nitrogen and oxygen atoms in total. The third-order valence-electron chi connectivity index (χ3n) is 5.62. The number of methoxy groups -OCH3 is 2. The number of nitrogens with one attached hydrogen (secondary N) is 1. The molecule has 26 heavy (non-hydrogen) atoms. The van der Waals surface area contributed by atoms with Crippen LogP contribution in [0, 0.1) is 5.41 Å². The smallest absolute Gasteiger partial charge is 0.203 e. The zero-order valence-corrected chi connectivity index (χ0v) is 16.4. The standard InChI is InChI=1S/C20H31N3O3/c1-5-26-18-16(24-3)11-15(12-17(18)25-4)13-22-19(21-2)23-10-9-20(14-23)7-6-8-20/h11-12H,5-10,13-14H2,1-4H3,(H,21,22). The predicted octanol–water partition coefficient (Wildman–Crippen LogP) is 3.05. The van der Waals surface area contributed by atoms with Crippen LogP contribution < -0.4 is 19.5 Å². The van der Waals surface area contributed by atoms with E-state index >= 15 is 0 Å². The molecule has 0 unspecified atom stereocenters. The summed E-state index contributed by atoms with van der Waals surface area (Å²) in [5.41, 5.74) is 1.63. The van der Waals surface area contributed by atoms with Crippen LogP contribution in [0.1, 0.15) is 38.2 Å². The lowest BCUT2D eigenvalue weighted by atomic mass is 9.68. The molecular formula is C20H31N3O3. The fourth-order valence-corrected chi connectivity index (χ4v) is 4.04. The van der Waals surface area contributed by atoms with Crippen molar-refractivity contribution in [2.24, 2.45) is 10.4 Å². The Hall–Kier alpha value is -2.11. The highest BCUT2D eigenvalue weighted by atomic mass is 16.5.